The first-order valence-corrected chi connectivity index (χ1v) is 14.0. The second kappa shape index (κ2) is 12.9. The predicted octanol–water partition coefficient (Wildman–Crippen LogP) is 5.40. The van der Waals surface area contributed by atoms with Gasteiger partial charge >= 0.3 is 5.97 Å². The Morgan fingerprint density at radius 1 is 0.860 bits per heavy atom. The Hall–Kier alpha value is -4.92. The number of Topliss-reactive ketones (excluding diaryl/α,β-unsaturated/α-hetero) is 1. The lowest BCUT2D eigenvalue weighted by Gasteiger charge is -2.37. The third kappa shape index (κ3) is 6.16. The number of para-hydroxylation sites is 1. The van der Waals surface area contributed by atoms with Crippen molar-refractivity contribution in [3.8, 4) is 28.7 Å². The van der Waals surface area contributed by atoms with Gasteiger partial charge in [0.25, 0.3) is 0 Å². The highest BCUT2D eigenvalue weighted by Gasteiger charge is 2.41. The van der Waals surface area contributed by atoms with Gasteiger partial charge in [0.05, 0.1) is 26.9 Å². The smallest absolute Gasteiger partial charge is 0.336 e. The van der Waals surface area contributed by atoms with E-state index in [0.29, 0.717) is 51.8 Å². The normalized spacial score (nSPS) is 18.0. The number of methoxy groups -OCH3 is 3. The molecule has 1 heterocycles. The average molecular weight is 586 g/mol. The quantitative estimate of drug-likeness (QED) is 0.239. The summed E-state index contributed by atoms with van der Waals surface area (Å²) < 4.78 is 27.4. The van der Waals surface area contributed by atoms with Crippen molar-refractivity contribution in [2.24, 2.45) is 0 Å². The number of benzene rings is 3. The van der Waals surface area contributed by atoms with Crippen molar-refractivity contribution >= 4 is 11.8 Å². The second-order valence-electron chi connectivity index (χ2n) is 10.4. The summed E-state index contributed by atoms with van der Waals surface area (Å²) in [7, 11) is 4.62. The molecule has 3 aromatic rings. The van der Waals surface area contributed by atoms with Crippen LogP contribution in [0.2, 0.25) is 0 Å². The molecule has 1 aliphatic carbocycles. The van der Waals surface area contributed by atoms with Gasteiger partial charge < -0.3 is 34.1 Å². The van der Waals surface area contributed by atoms with Gasteiger partial charge in [-0.15, -0.1) is 0 Å². The van der Waals surface area contributed by atoms with Crippen LogP contribution in [0.3, 0.4) is 0 Å². The molecule has 2 N–H and O–H groups in total. The van der Waals surface area contributed by atoms with Gasteiger partial charge in [0.1, 0.15) is 19.0 Å². The van der Waals surface area contributed by atoms with E-state index in [2.05, 4.69) is 5.32 Å². The van der Waals surface area contributed by atoms with Crippen LogP contribution in [0.5, 0.6) is 28.7 Å². The van der Waals surface area contributed by atoms with Crippen molar-refractivity contribution in [2.45, 2.75) is 31.6 Å². The van der Waals surface area contributed by atoms with E-state index in [0.717, 1.165) is 11.3 Å². The zero-order valence-electron chi connectivity index (χ0n) is 24.6. The van der Waals surface area contributed by atoms with Gasteiger partial charge in [-0.25, -0.2) is 4.79 Å². The number of nitrogens with one attached hydrogen (secondary N) is 1. The van der Waals surface area contributed by atoms with Gasteiger partial charge in [0.2, 0.25) is 0 Å². The lowest BCUT2D eigenvalue weighted by molar-refractivity contribution is -0.140. The fourth-order valence-electron chi connectivity index (χ4n) is 5.76. The third-order valence-electron chi connectivity index (χ3n) is 7.79. The number of hydrogen-bond donors (Lipinski definition) is 2. The summed E-state index contributed by atoms with van der Waals surface area (Å²) in [5.74, 6) is 0.558. The molecule has 0 saturated carbocycles. The number of ether oxygens (including phenoxy) is 5. The van der Waals surface area contributed by atoms with Crippen molar-refractivity contribution < 1.29 is 38.4 Å². The molecule has 0 fully saturated rings. The zero-order chi connectivity index (χ0) is 30.5. The summed E-state index contributed by atoms with van der Waals surface area (Å²) in [5, 5.41) is 14.0. The Labute approximate surface area is 250 Å². The number of dihydropyridines is 1. The van der Waals surface area contributed by atoms with Crippen LogP contribution in [0.1, 0.15) is 42.7 Å². The first-order chi connectivity index (χ1) is 20.8. The number of ketones is 1. The predicted molar refractivity (Wildman–Crippen MR) is 160 cm³/mol. The molecule has 0 saturated heterocycles. The third-order valence-corrected chi connectivity index (χ3v) is 7.79. The minimum Gasteiger partial charge on any atom is -0.504 e. The average Bonchev–Trinajstić information content (AvgIpc) is 3.02. The fraction of sp³-hybridized carbons (Fsp3) is 0.294. The van der Waals surface area contributed by atoms with Crippen LogP contribution in [0.25, 0.3) is 0 Å². The van der Waals surface area contributed by atoms with Crippen LogP contribution in [0.4, 0.5) is 0 Å². The molecule has 0 aromatic heterocycles. The van der Waals surface area contributed by atoms with E-state index in [-0.39, 0.29) is 37.1 Å². The van der Waals surface area contributed by atoms with Gasteiger partial charge in [0.15, 0.2) is 28.8 Å². The largest absolute Gasteiger partial charge is 0.504 e. The molecular formula is C34H35NO8. The molecule has 2 unspecified atom stereocenters. The van der Waals surface area contributed by atoms with Crippen LogP contribution >= 0.6 is 0 Å². The summed E-state index contributed by atoms with van der Waals surface area (Å²) in [6.45, 7) is 1.98. The number of carbonyl (C=O) groups excluding carboxylic acids is 2. The number of aromatic hydroxyl groups is 1. The van der Waals surface area contributed by atoms with E-state index in [1.54, 1.807) is 33.3 Å². The zero-order valence-corrected chi connectivity index (χ0v) is 24.6. The molecule has 0 radical (unpaired) electrons. The fourth-order valence-corrected chi connectivity index (χ4v) is 5.76. The molecule has 0 spiro atoms. The maximum Gasteiger partial charge on any atom is 0.336 e. The summed E-state index contributed by atoms with van der Waals surface area (Å²) in [4.78, 5) is 27.5. The van der Waals surface area contributed by atoms with E-state index in [4.69, 9.17) is 23.7 Å². The maximum absolute atomic E-state index is 13.9. The number of carbonyl (C=O) groups is 2. The number of phenolic OH excluding ortho intramolecular Hbond substituents is 1. The highest BCUT2D eigenvalue weighted by Crippen LogP contribution is 2.47. The molecule has 9 nitrogen and oxygen atoms in total. The molecular weight excluding hydrogens is 550 g/mol. The lowest BCUT2D eigenvalue weighted by Crippen LogP contribution is -2.36. The molecule has 9 heteroatoms. The molecule has 43 heavy (non-hydrogen) atoms. The molecule has 0 amide bonds. The van der Waals surface area contributed by atoms with Gasteiger partial charge in [-0.1, -0.05) is 30.3 Å². The Bertz CT molecular complexity index is 1580. The van der Waals surface area contributed by atoms with Crippen LogP contribution < -0.4 is 24.3 Å². The van der Waals surface area contributed by atoms with E-state index in [1.807, 2.05) is 48.5 Å². The standard InChI is InChI=1S/C34H35NO8/c1-20-31(34(38)43-15-14-42-24-8-6-5-7-9-24)32(22-11-12-28(39-2)26(36)17-22)33-25(35-20)16-23(18-27(33)37)21-10-13-29(40-3)30(19-21)41-4/h5-13,17,19,23,32,35-36H,14-16,18H2,1-4H3. The van der Waals surface area contributed by atoms with E-state index < -0.39 is 11.9 Å². The summed E-state index contributed by atoms with van der Waals surface area (Å²) >= 11 is 0. The van der Waals surface area contributed by atoms with E-state index >= 15 is 0 Å². The monoisotopic (exact) mass is 585 g/mol. The molecule has 2 atom stereocenters. The van der Waals surface area contributed by atoms with Crippen LogP contribution in [0, 0.1) is 0 Å². The van der Waals surface area contributed by atoms with Gasteiger partial charge in [0, 0.05) is 29.3 Å². The van der Waals surface area contributed by atoms with Crippen LogP contribution in [-0.4, -0.2) is 51.4 Å². The molecule has 224 valence electrons. The van der Waals surface area contributed by atoms with Crippen molar-refractivity contribution in [3.63, 3.8) is 0 Å². The second-order valence-corrected chi connectivity index (χ2v) is 10.4. The first-order valence-electron chi connectivity index (χ1n) is 14.0. The molecule has 1 aliphatic heterocycles. The van der Waals surface area contributed by atoms with Gasteiger partial charge in [-0.2, -0.15) is 0 Å². The van der Waals surface area contributed by atoms with Crippen molar-refractivity contribution in [1.29, 1.82) is 0 Å². The highest BCUT2D eigenvalue weighted by atomic mass is 16.6. The number of esters is 1. The summed E-state index contributed by atoms with van der Waals surface area (Å²) in [6.07, 6.45) is 0.778. The molecule has 0 bridgehead atoms. The van der Waals surface area contributed by atoms with E-state index in [1.165, 1.54) is 13.2 Å². The minimum atomic E-state index is -0.741. The highest BCUT2D eigenvalue weighted by molar-refractivity contribution is 6.04. The summed E-state index contributed by atoms with van der Waals surface area (Å²) in [6, 6.07) is 19.8. The number of hydrogen-bond acceptors (Lipinski definition) is 9. The van der Waals surface area contributed by atoms with Crippen molar-refractivity contribution in [1.82, 2.24) is 5.32 Å². The lowest BCUT2D eigenvalue weighted by atomic mass is 9.71. The Morgan fingerprint density at radius 3 is 2.26 bits per heavy atom. The topological polar surface area (TPSA) is 113 Å². The van der Waals surface area contributed by atoms with E-state index in [9.17, 15) is 14.7 Å². The minimum absolute atomic E-state index is 0.0202. The SMILES string of the molecule is COc1ccc(C2C(C(=O)OCCOc3ccccc3)=C(C)NC3=C2C(=O)CC(c2ccc(OC)c(OC)c2)C3)cc1O. The van der Waals surface area contributed by atoms with Gasteiger partial charge in [-0.3, -0.25) is 4.79 Å². The molecule has 2 aliphatic rings. The number of phenols is 1. The molecule has 3 aromatic carbocycles. The Morgan fingerprint density at radius 2 is 1.56 bits per heavy atom. The Kier molecular flexibility index (Phi) is 8.90. The number of allylic oxidation sites excluding steroid dienone is 3. The first kappa shape index (κ1) is 29.6. The van der Waals surface area contributed by atoms with Gasteiger partial charge in [-0.05, 0) is 66.8 Å². The van der Waals surface area contributed by atoms with Crippen molar-refractivity contribution in [2.75, 3.05) is 34.5 Å². The molecule has 5 rings (SSSR count). The van der Waals surface area contributed by atoms with Crippen LogP contribution in [-0.2, 0) is 14.3 Å². The Balaban J connectivity index is 1.45. The maximum atomic E-state index is 13.9. The van der Waals surface area contributed by atoms with Crippen molar-refractivity contribution in [3.05, 3.63) is 100 Å². The summed E-state index contributed by atoms with van der Waals surface area (Å²) in [5.41, 5.74) is 3.63. The van der Waals surface area contributed by atoms with Crippen LogP contribution in [0.15, 0.2) is 89.3 Å². The number of rotatable bonds is 10.